The van der Waals surface area contributed by atoms with Crippen molar-refractivity contribution in [3.63, 3.8) is 0 Å². The summed E-state index contributed by atoms with van der Waals surface area (Å²) < 4.78 is 4.80. The van der Waals surface area contributed by atoms with Gasteiger partial charge in [-0.05, 0) is 19.4 Å². The van der Waals surface area contributed by atoms with Crippen LogP contribution in [0.1, 0.15) is 31.9 Å². The third-order valence-corrected chi connectivity index (χ3v) is 2.16. The van der Waals surface area contributed by atoms with E-state index in [4.69, 9.17) is 4.42 Å². The molecule has 0 aromatic carbocycles. The van der Waals surface area contributed by atoms with Crippen LogP contribution in [0.4, 0.5) is 0 Å². The fourth-order valence-electron chi connectivity index (χ4n) is 0.983. The third kappa shape index (κ3) is 1.68. The maximum atomic E-state index is 9.67. The molecule has 3 heteroatoms. The zero-order valence-corrected chi connectivity index (χ0v) is 7.32. The lowest BCUT2D eigenvalue weighted by Crippen LogP contribution is -2.31. The second-order valence-corrected chi connectivity index (χ2v) is 3.17. The summed E-state index contributed by atoms with van der Waals surface area (Å²) in [6.07, 6.45) is 2.54. The standard InChI is InChI=1S/C9H14O3/c1-3-9(2,11)8(10)7-4-5-12-6-7/h4-6,8,10-11H,3H2,1-2H3. The van der Waals surface area contributed by atoms with E-state index in [1.54, 1.807) is 13.0 Å². The molecule has 0 aliphatic heterocycles. The number of hydrogen-bond acceptors (Lipinski definition) is 3. The van der Waals surface area contributed by atoms with Crippen molar-refractivity contribution >= 4 is 0 Å². The Morgan fingerprint density at radius 1 is 1.67 bits per heavy atom. The van der Waals surface area contributed by atoms with Crippen molar-refractivity contribution < 1.29 is 14.6 Å². The van der Waals surface area contributed by atoms with E-state index in [-0.39, 0.29) is 0 Å². The molecule has 1 rings (SSSR count). The highest BCUT2D eigenvalue weighted by molar-refractivity contribution is 5.13. The minimum atomic E-state index is -1.08. The Labute approximate surface area is 71.6 Å². The molecule has 2 atom stereocenters. The van der Waals surface area contributed by atoms with Crippen LogP contribution < -0.4 is 0 Å². The van der Waals surface area contributed by atoms with Crippen molar-refractivity contribution in [3.8, 4) is 0 Å². The molecule has 0 fully saturated rings. The first-order valence-corrected chi connectivity index (χ1v) is 4.00. The van der Waals surface area contributed by atoms with Crippen molar-refractivity contribution in [2.24, 2.45) is 0 Å². The summed E-state index contributed by atoms with van der Waals surface area (Å²) in [6, 6.07) is 1.65. The van der Waals surface area contributed by atoms with Gasteiger partial charge in [0.15, 0.2) is 0 Å². The molecule has 0 spiro atoms. The lowest BCUT2D eigenvalue weighted by atomic mass is 9.92. The molecule has 0 amide bonds. The normalized spacial score (nSPS) is 18.7. The van der Waals surface area contributed by atoms with Crippen molar-refractivity contribution in [2.75, 3.05) is 0 Å². The van der Waals surface area contributed by atoms with Crippen molar-refractivity contribution in [3.05, 3.63) is 24.2 Å². The second kappa shape index (κ2) is 3.29. The van der Waals surface area contributed by atoms with Gasteiger partial charge in [0, 0.05) is 5.56 Å². The van der Waals surface area contributed by atoms with Crippen molar-refractivity contribution in [1.82, 2.24) is 0 Å². The van der Waals surface area contributed by atoms with E-state index in [9.17, 15) is 10.2 Å². The van der Waals surface area contributed by atoms with Crippen LogP contribution in [0, 0.1) is 0 Å². The molecule has 1 aromatic heterocycles. The Bertz CT molecular complexity index is 226. The molecule has 0 saturated heterocycles. The van der Waals surface area contributed by atoms with Crippen LogP contribution in [0.2, 0.25) is 0 Å². The van der Waals surface area contributed by atoms with Crippen LogP contribution in [-0.2, 0) is 0 Å². The number of aliphatic hydroxyl groups excluding tert-OH is 1. The van der Waals surface area contributed by atoms with E-state index < -0.39 is 11.7 Å². The van der Waals surface area contributed by atoms with Gasteiger partial charge in [-0.3, -0.25) is 0 Å². The van der Waals surface area contributed by atoms with Gasteiger partial charge in [0.2, 0.25) is 0 Å². The zero-order valence-electron chi connectivity index (χ0n) is 7.32. The molecule has 1 heterocycles. The molecular weight excluding hydrogens is 156 g/mol. The fourth-order valence-corrected chi connectivity index (χ4v) is 0.983. The van der Waals surface area contributed by atoms with Gasteiger partial charge in [-0.1, -0.05) is 6.92 Å². The number of furan rings is 1. The Balaban J connectivity index is 2.78. The van der Waals surface area contributed by atoms with Gasteiger partial charge in [0.05, 0.1) is 18.1 Å². The predicted molar refractivity (Wildman–Crippen MR) is 44.6 cm³/mol. The quantitative estimate of drug-likeness (QED) is 0.722. The maximum Gasteiger partial charge on any atom is 0.110 e. The van der Waals surface area contributed by atoms with Gasteiger partial charge < -0.3 is 14.6 Å². The predicted octanol–water partition coefficient (Wildman–Crippen LogP) is 1.47. The molecule has 0 radical (unpaired) electrons. The summed E-state index contributed by atoms with van der Waals surface area (Å²) in [5.41, 5.74) is -0.467. The molecule has 0 bridgehead atoms. The van der Waals surface area contributed by atoms with E-state index in [1.807, 2.05) is 6.92 Å². The molecular formula is C9H14O3. The van der Waals surface area contributed by atoms with E-state index in [2.05, 4.69) is 0 Å². The molecule has 12 heavy (non-hydrogen) atoms. The van der Waals surface area contributed by atoms with Crippen LogP contribution in [0.3, 0.4) is 0 Å². The summed E-state index contributed by atoms with van der Waals surface area (Å²) in [4.78, 5) is 0. The lowest BCUT2D eigenvalue weighted by molar-refractivity contribution is -0.0660. The van der Waals surface area contributed by atoms with E-state index in [0.29, 0.717) is 12.0 Å². The zero-order chi connectivity index (χ0) is 9.19. The molecule has 0 aliphatic rings. The van der Waals surface area contributed by atoms with Crippen LogP contribution in [0.15, 0.2) is 23.0 Å². The van der Waals surface area contributed by atoms with Crippen molar-refractivity contribution in [1.29, 1.82) is 0 Å². The maximum absolute atomic E-state index is 9.67. The summed E-state index contributed by atoms with van der Waals surface area (Å²) >= 11 is 0. The summed E-state index contributed by atoms with van der Waals surface area (Å²) in [5, 5.41) is 19.3. The highest BCUT2D eigenvalue weighted by Gasteiger charge is 2.29. The van der Waals surface area contributed by atoms with Crippen molar-refractivity contribution in [2.45, 2.75) is 32.0 Å². The molecule has 0 aliphatic carbocycles. The first-order chi connectivity index (χ1) is 5.58. The SMILES string of the molecule is CCC(C)(O)C(O)c1ccoc1. The van der Waals surface area contributed by atoms with Crippen LogP contribution >= 0.6 is 0 Å². The van der Waals surface area contributed by atoms with E-state index in [0.717, 1.165) is 0 Å². The van der Waals surface area contributed by atoms with E-state index in [1.165, 1.54) is 12.5 Å². The first kappa shape index (κ1) is 9.29. The Morgan fingerprint density at radius 2 is 2.33 bits per heavy atom. The van der Waals surface area contributed by atoms with Gasteiger partial charge in [-0.2, -0.15) is 0 Å². The van der Waals surface area contributed by atoms with Gasteiger partial charge in [0.25, 0.3) is 0 Å². The average Bonchev–Trinajstić information content (AvgIpc) is 2.55. The summed E-state index contributed by atoms with van der Waals surface area (Å²) in [5.74, 6) is 0. The Hall–Kier alpha value is -0.800. The Morgan fingerprint density at radius 3 is 2.75 bits per heavy atom. The van der Waals surface area contributed by atoms with Crippen LogP contribution in [-0.4, -0.2) is 15.8 Å². The molecule has 0 saturated carbocycles. The number of aliphatic hydroxyl groups is 2. The van der Waals surface area contributed by atoms with Gasteiger partial charge in [-0.25, -0.2) is 0 Å². The third-order valence-electron chi connectivity index (χ3n) is 2.16. The topological polar surface area (TPSA) is 53.6 Å². The smallest absolute Gasteiger partial charge is 0.110 e. The fraction of sp³-hybridized carbons (Fsp3) is 0.556. The number of rotatable bonds is 3. The van der Waals surface area contributed by atoms with Gasteiger partial charge in [0.1, 0.15) is 6.10 Å². The van der Waals surface area contributed by atoms with Crippen LogP contribution in [0.25, 0.3) is 0 Å². The van der Waals surface area contributed by atoms with E-state index >= 15 is 0 Å². The average molecular weight is 170 g/mol. The largest absolute Gasteiger partial charge is 0.472 e. The molecule has 1 aromatic rings. The molecule has 68 valence electrons. The highest BCUT2D eigenvalue weighted by atomic mass is 16.3. The number of hydrogen-bond donors (Lipinski definition) is 2. The monoisotopic (exact) mass is 170 g/mol. The first-order valence-electron chi connectivity index (χ1n) is 4.00. The van der Waals surface area contributed by atoms with Crippen LogP contribution in [0.5, 0.6) is 0 Å². The molecule has 3 nitrogen and oxygen atoms in total. The van der Waals surface area contributed by atoms with Gasteiger partial charge >= 0.3 is 0 Å². The second-order valence-electron chi connectivity index (χ2n) is 3.17. The summed E-state index contributed by atoms with van der Waals surface area (Å²) in [7, 11) is 0. The summed E-state index contributed by atoms with van der Waals surface area (Å²) in [6.45, 7) is 3.42. The lowest BCUT2D eigenvalue weighted by Gasteiger charge is -2.26. The minimum absolute atomic E-state index is 0.499. The molecule has 2 N–H and O–H groups in total. The minimum Gasteiger partial charge on any atom is -0.472 e. The Kier molecular flexibility index (Phi) is 2.55. The molecule has 2 unspecified atom stereocenters. The highest BCUT2D eigenvalue weighted by Crippen LogP contribution is 2.28. The van der Waals surface area contributed by atoms with Gasteiger partial charge in [-0.15, -0.1) is 0 Å².